The summed E-state index contributed by atoms with van der Waals surface area (Å²) in [6.45, 7) is 1.03. The zero-order valence-electron chi connectivity index (χ0n) is 18.2. The highest BCUT2D eigenvalue weighted by Gasteiger charge is 2.35. The number of nitrogens with zero attached hydrogens (tertiary/aromatic N) is 3. The van der Waals surface area contributed by atoms with E-state index in [-0.39, 0.29) is 12.0 Å². The van der Waals surface area contributed by atoms with E-state index in [0.717, 1.165) is 29.8 Å². The van der Waals surface area contributed by atoms with E-state index in [9.17, 15) is 19.5 Å². The van der Waals surface area contributed by atoms with Crippen molar-refractivity contribution >= 4 is 29.9 Å². The minimum Gasteiger partial charge on any atom is -0.480 e. The van der Waals surface area contributed by atoms with Gasteiger partial charge in [-0.2, -0.15) is 5.10 Å². The van der Waals surface area contributed by atoms with Crippen molar-refractivity contribution in [3.8, 4) is 0 Å². The summed E-state index contributed by atoms with van der Waals surface area (Å²) in [7, 11) is 0. The fourth-order valence-electron chi connectivity index (χ4n) is 3.66. The number of carbonyl (C=O) groups excluding carboxylic acids is 2. The fraction of sp³-hybridized carbons (Fsp3) is 0.304. The molecule has 174 valence electrons. The summed E-state index contributed by atoms with van der Waals surface area (Å²) >= 11 is 0. The first-order valence-corrected chi connectivity index (χ1v) is 10.7. The molecule has 1 saturated heterocycles. The van der Waals surface area contributed by atoms with Crippen LogP contribution in [-0.4, -0.2) is 58.4 Å². The molecule has 1 heterocycles. The number of urea groups is 1. The molecule has 10 heteroatoms. The molecule has 0 bridgehead atoms. The molecule has 3 amide bonds. The van der Waals surface area contributed by atoms with Crippen molar-refractivity contribution in [1.29, 1.82) is 0 Å². The van der Waals surface area contributed by atoms with Gasteiger partial charge in [0.25, 0.3) is 5.91 Å². The summed E-state index contributed by atoms with van der Waals surface area (Å²) in [5.74, 6) is 3.28. The van der Waals surface area contributed by atoms with E-state index in [1.165, 1.54) is 6.34 Å². The topological polar surface area (TPSA) is 140 Å². The van der Waals surface area contributed by atoms with Crippen LogP contribution in [0.2, 0.25) is 0 Å². The van der Waals surface area contributed by atoms with Gasteiger partial charge >= 0.3 is 12.0 Å². The van der Waals surface area contributed by atoms with Crippen molar-refractivity contribution < 1.29 is 19.5 Å². The number of likely N-dealkylation sites (tertiary alicyclic amines) is 1. The van der Waals surface area contributed by atoms with Crippen LogP contribution in [0.25, 0.3) is 0 Å². The second-order valence-corrected chi connectivity index (χ2v) is 7.69. The average molecular weight is 453 g/mol. The molecule has 2 aromatic rings. The van der Waals surface area contributed by atoms with Gasteiger partial charge in [0.1, 0.15) is 6.34 Å². The maximum absolute atomic E-state index is 13.3. The molecule has 0 unspecified atom stereocenters. The number of hydrazone groups is 1. The van der Waals surface area contributed by atoms with Gasteiger partial charge in [0.2, 0.25) is 0 Å². The minimum absolute atomic E-state index is 0.0462. The van der Waals surface area contributed by atoms with Crippen molar-refractivity contribution in [1.82, 2.24) is 15.3 Å². The lowest BCUT2D eigenvalue weighted by molar-refractivity contribution is -0.143. The zero-order chi connectivity index (χ0) is 23.6. The fourth-order valence-corrected chi connectivity index (χ4v) is 3.66. The van der Waals surface area contributed by atoms with E-state index in [1.54, 1.807) is 53.4 Å². The van der Waals surface area contributed by atoms with Crippen LogP contribution in [0.1, 0.15) is 35.2 Å². The largest absolute Gasteiger partial charge is 0.480 e. The molecular weight excluding hydrogens is 424 g/mol. The highest BCUT2D eigenvalue weighted by Crippen LogP contribution is 2.16. The molecule has 1 aliphatic rings. The van der Waals surface area contributed by atoms with Crippen LogP contribution in [0.5, 0.6) is 0 Å². The molecule has 0 aliphatic carbocycles. The smallest absolute Gasteiger partial charge is 0.339 e. The van der Waals surface area contributed by atoms with Gasteiger partial charge in [-0.15, -0.1) is 0 Å². The van der Waals surface area contributed by atoms with Crippen LogP contribution < -0.4 is 16.6 Å². The Morgan fingerprint density at radius 2 is 1.82 bits per heavy atom. The summed E-state index contributed by atoms with van der Waals surface area (Å²) < 4.78 is 0. The van der Waals surface area contributed by atoms with Crippen molar-refractivity contribution in [2.45, 2.75) is 31.7 Å². The van der Waals surface area contributed by atoms with E-state index in [0.29, 0.717) is 18.8 Å². The molecule has 5 N–H and O–H groups in total. The molecule has 33 heavy (non-hydrogen) atoms. The van der Waals surface area contributed by atoms with E-state index < -0.39 is 23.9 Å². The van der Waals surface area contributed by atoms with Gasteiger partial charge in [0.15, 0.2) is 6.04 Å². The number of carbonyl (C=O) groups is 3. The third-order valence-electron chi connectivity index (χ3n) is 5.35. The lowest BCUT2D eigenvalue weighted by Gasteiger charge is -2.35. The first-order valence-electron chi connectivity index (χ1n) is 10.7. The highest BCUT2D eigenvalue weighted by molar-refractivity contribution is 5.97. The molecule has 1 fully saturated rings. The van der Waals surface area contributed by atoms with Crippen molar-refractivity contribution in [3.63, 3.8) is 0 Å². The predicted molar refractivity (Wildman–Crippen MR) is 124 cm³/mol. The van der Waals surface area contributed by atoms with Crippen LogP contribution >= 0.6 is 0 Å². The lowest BCUT2D eigenvalue weighted by Crippen LogP contribution is -2.60. The van der Waals surface area contributed by atoms with Gasteiger partial charge in [-0.3, -0.25) is 10.2 Å². The van der Waals surface area contributed by atoms with E-state index in [2.05, 4.69) is 15.8 Å². The first-order chi connectivity index (χ1) is 16.0. The summed E-state index contributed by atoms with van der Waals surface area (Å²) in [6.07, 6.45) is 3.99. The van der Waals surface area contributed by atoms with Crippen LogP contribution in [0.3, 0.4) is 0 Å². The van der Waals surface area contributed by atoms with Gasteiger partial charge in [0.05, 0.1) is 0 Å². The van der Waals surface area contributed by atoms with Gasteiger partial charge in [-0.25, -0.2) is 14.6 Å². The molecule has 0 radical (unpaired) electrons. The van der Waals surface area contributed by atoms with E-state index in [4.69, 9.17) is 5.84 Å². The third-order valence-corrected chi connectivity index (χ3v) is 5.35. The Morgan fingerprint density at radius 3 is 2.48 bits per heavy atom. The summed E-state index contributed by atoms with van der Waals surface area (Å²) in [5, 5.41) is 17.1. The third kappa shape index (κ3) is 6.45. The second kappa shape index (κ2) is 11.5. The Labute approximate surface area is 192 Å². The number of nitrogens with two attached hydrogens (primary N) is 1. The molecule has 3 rings (SSSR count). The number of aliphatic carboxylic acids is 1. The van der Waals surface area contributed by atoms with Crippen molar-refractivity contribution in [2.24, 2.45) is 10.9 Å². The van der Waals surface area contributed by atoms with Gasteiger partial charge in [-0.1, -0.05) is 36.4 Å². The number of amides is 3. The number of hydrogen-bond donors (Lipinski definition) is 4. The number of rotatable bonds is 7. The SMILES string of the molecule is NN=CNc1cccc(C(=O)NN(C(=O)N2CCCCC2)[C@@H](Cc2ccccc2)C(=O)O)c1. The van der Waals surface area contributed by atoms with E-state index >= 15 is 0 Å². The molecule has 1 aliphatic heterocycles. The Balaban J connectivity index is 1.87. The normalized spacial score (nSPS) is 14.5. The minimum atomic E-state index is -1.28. The second-order valence-electron chi connectivity index (χ2n) is 7.69. The molecule has 0 aromatic heterocycles. The Morgan fingerprint density at radius 1 is 1.09 bits per heavy atom. The highest BCUT2D eigenvalue weighted by atomic mass is 16.4. The summed E-state index contributed by atoms with van der Waals surface area (Å²) in [4.78, 5) is 40.2. The predicted octanol–water partition coefficient (Wildman–Crippen LogP) is 2.25. The van der Waals surface area contributed by atoms with Crippen molar-refractivity contribution in [3.05, 3.63) is 65.7 Å². The van der Waals surface area contributed by atoms with Crippen molar-refractivity contribution in [2.75, 3.05) is 18.4 Å². The lowest BCUT2D eigenvalue weighted by atomic mass is 10.1. The van der Waals surface area contributed by atoms with Crippen LogP contribution in [0.15, 0.2) is 59.7 Å². The number of carboxylic acids is 1. The zero-order valence-corrected chi connectivity index (χ0v) is 18.2. The van der Waals surface area contributed by atoms with Gasteiger partial charge in [-0.05, 0) is 43.0 Å². The van der Waals surface area contributed by atoms with E-state index in [1.807, 2.05) is 6.07 Å². The standard InChI is InChI=1S/C23H28N6O4/c24-26-16-25-19-11-7-10-18(15-19)21(30)27-29(23(33)28-12-5-2-6-13-28)20(22(31)32)14-17-8-3-1-4-9-17/h1,3-4,7-11,15-16,20H,2,5-6,12-14,24H2,(H,25,26)(H,27,30)(H,31,32)/t20-/m0/s1. The van der Waals surface area contributed by atoms with Crippen LogP contribution in [0, 0.1) is 0 Å². The average Bonchev–Trinajstić information content (AvgIpc) is 2.85. The quantitative estimate of drug-likeness (QED) is 0.220. The number of carboxylic acid groups (broad SMARTS) is 1. The first kappa shape index (κ1) is 23.6. The van der Waals surface area contributed by atoms with Crippen LogP contribution in [0.4, 0.5) is 10.5 Å². The Bertz CT molecular complexity index is 991. The number of hydrazine groups is 1. The molecule has 1 atom stereocenters. The number of benzene rings is 2. The molecular formula is C23H28N6O4. The van der Waals surface area contributed by atoms with Gasteiger partial charge < -0.3 is 21.2 Å². The maximum Gasteiger partial charge on any atom is 0.339 e. The molecule has 0 spiro atoms. The monoisotopic (exact) mass is 452 g/mol. The van der Waals surface area contributed by atoms with Crippen LogP contribution in [-0.2, 0) is 11.2 Å². The molecule has 2 aromatic carbocycles. The Kier molecular flexibility index (Phi) is 8.23. The Hall–Kier alpha value is -4.08. The number of anilines is 1. The summed E-state index contributed by atoms with van der Waals surface area (Å²) in [6, 6.07) is 13.7. The maximum atomic E-state index is 13.3. The molecule has 10 nitrogen and oxygen atoms in total. The van der Waals surface area contributed by atoms with Gasteiger partial charge in [0, 0.05) is 30.8 Å². The number of hydrogen-bond acceptors (Lipinski definition) is 5. The molecule has 0 saturated carbocycles. The summed E-state index contributed by atoms with van der Waals surface area (Å²) in [5.41, 5.74) is 4.09. The number of piperidine rings is 1. The number of nitrogens with one attached hydrogen (secondary N) is 2.